The molecule has 0 aliphatic carbocycles. The van der Waals surface area contributed by atoms with Crippen LogP contribution in [0.3, 0.4) is 0 Å². The molecule has 0 aliphatic rings. The van der Waals surface area contributed by atoms with E-state index < -0.39 is 0 Å². The van der Waals surface area contributed by atoms with Gasteiger partial charge in [0.2, 0.25) is 0 Å². The van der Waals surface area contributed by atoms with Crippen LogP contribution in [0.4, 0.5) is 10.1 Å². The minimum atomic E-state index is -0.315. The van der Waals surface area contributed by atoms with E-state index in [0.29, 0.717) is 5.69 Å². The molecule has 3 rings (SSSR count). The topological polar surface area (TPSA) is 33.5 Å². The van der Waals surface area contributed by atoms with E-state index in [4.69, 9.17) is 0 Å². The number of hydrogen-bond acceptors (Lipinski definition) is 1. The third-order valence-electron chi connectivity index (χ3n) is 4.54. The fourth-order valence-corrected chi connectivity index (χ4v) is 2.83. The summed E-state index contributed by atoms with van der Waals surface area (Å²) in [6.45, 7) is 2.65. The molecule has 2 N–H and O–H groups in total. The van der Waals surface area contributed by atoms with Gasteiger partial charge in [0.1, 0.15) is 12.4 Å². The molecule has 3 nitrogen and oxygen atoms in total. The third kappa shape index (κ3) is 4.22. The van der Waals surface area contributed by atoms with Crippen LogP contribution in [-0.4, -0.2) is 19.0 Å². The highest BCUT2D eigenvalue weighted by atomic mass is 19.1. The van der Waals surface area contributed by atoms with Crippen molar-refractivity contribution in [1.29, 1.82) is 0 Å². The van der Waals surface area contributed by atoms with Gasteiger partial charge in [-0.1, -0.05) is 36.4 Å². The Kier molecular flexibility index (Phi) is 5.10. The fourth-order valence-electron chi connectivity index (χ4n) is 2.83. The van der Waals surface area contributed by atoms with E-state index in [1.54, 1.807) is 12.1 Å². The van der Waals surface area contributed by atoms with Crippen molar-refractivity contribution in [2.75, 3.05) is 12.4 Å². The van der Waals surface area contributed by atoms with Gasteiger partial charge in [0.05, 0.1) is 7.05 Å². The number of fused-ring (bicyclic) bond motifs is 1. The van der Waals surface area contributed by atoms with Crippen LogP contribution in [0.2, 0.25) is 0 Å². The molecule has 1 amide bonds. The molecule has 0 aliphatic heterocycles. The van der Waals surface area contributed by atoms with Gasteiger partial charge in [-0.25, -0.2) is 4.39 Å². The predicted octanol–water partition coefficient (Wildman–Crippen LogP) is 3.02. The van der Waals surface area contributed by atoms with Crippen molar-refractivity contribution in [3.05, 3.63) is 78.1 Å². The predicted molar refractivity (Wildman–Crippen MR) is 99.0 cm³/mol. The molecule has 0 radical (unpaired) electrons. The van der Waals surface area contributed by atoms with Gasteiger partial charge in [0, 0.05) is 11.3 Å². The SMILES string of the molecule is C[C@@H](C(=O)Nc1ccc(F)cc1)[NH+](C)Cc1ccc2ccccc2c1. The van der Waals surface area contributed by atoms with E-state index >= 15 is 0 Å². The molecule has 4 heteroatoms. The van der Waals surface area contributed by atoms with Crippen LogP contribution >= 0.6 is 0 Å². The molecule has 0 fully saturated rings. The number of halogens is 1. The monoisotopic (exact) mass is 337 g/mol. The molecule has 1 unspecified atom stereocenters. The normalized spacial score (nSPS) is 13.4. The zero-order valence-corrected chi connectivity index (χ0v) is 14.4. The smallest absolute Gasteiger partial charge is 0.282 e. The zero-order valence-electron chi connectivity index (χ0n) is 14.4. The fraction of sp³-hybridized carbons (Fsp3) is 0.190. The first-order valence-corrected chi connectivity index (χ1v) is 8.39. The van der Waals surface area contributed by atoms with Gasteiger partial charge in [-0.3, -0.25) is 4.79 Å². The lowest BCUT2D eigenvalue weighted by Gasteiger charge is -2.21. The highest BCUT2D eigenvalue weighted by molar-refractivity contribution is 5.93. The Morgan fingerprint density at radius 3 is 2.44 bits per heavy atom. The summed E-state index contributed by atoms with van der Waals surface area (Å²) in [4.78, 5) is 13.5. The zero-order chi connectivity index (χ0) is 17.8. The van der Waals surface area contributed by atoms with Crippen LogP contribution in [0.15, 0.2) is 66.7 Å². The number of anilines is 1. The minimum Gasteiger partial charge on any atom is -0.324 e. The van der Waals surface area contributed by atoms with Gasteiger partial charge in [0.25, 0.3) is 5.91 Å². The van der Waals surface area contributed by atoms with Gasteiger partial charge >= 0.3 is 0 Å². The van der Waals surface area contributed by atoms with E-state index in [1.165, 1.54) is 28.5 Å². The second-order valence-corrected chi connectivity index (χ2v) is 6.42. The first kappa shape index (κ1) is 17.1. The maximum absolute atomic E-state index is 12.9. The molecule has 0 aromatic heterocycles. The number of nitrogens with one attached hydrogen (secondary N) is 2. The Balaban J connectivity index is 1.65. The summed E-state index contributed by atoms with van der Waals surface area (Å²) in [5.41, 5.74) is 1.80. The molecule has 0 saturated carbocycles. The van der Waals surface area contributed by atoms with E-state index in [2.05, 4.69) is 35.6 Å². The molecule has 0 spiro atoms. The van der Waals surface area contributed by atoms with Crippen molar-refractivity contribution < 1.29 is 14.1 Å². The Bertz CT molecular complexity index is 876. The summed E-state index contributed by atoms with van der Waals surface area (Å²) in [7, 11) is 2.00. The van der Waals surface area contributed by atoms with E-state index in [1.807, 2.05) is 26.1 Å². The van der Waals surface area contributed by atoms with Crippen LogP contribution in [0, 0.1) is 5.82 Å². The standard InChI is InChI=1S/C21H21FN2O/c1-15(21(25)23-20-11-9-19(22)10-12-20)24(2)14-16-7-8-17-5-3-4-6-18(17)13-16/h3-13,15H,14H2,1-2H3,(H,23,25)/p+1/t15-/m0/s1. The van der Waals surface area contributed by atoms with Crippen LogP contribution in [0.5, 0.6) is 0 Å². The third-order valence-corrected chi connectivity index (χ3v) is 4.54. The molecule has 128 valence electrons. The van der Waals surface area contributed by atoms with Crippen molar-refractivity contribution in [2.24, 2.45) is 0 Å². The average Bonchev–Trinajstić information content (AvgIpc) is 2.62. The quantitative estimate of drug-likeness (QED) is 0.737. The molecule has 25 heavy (non-hydrogen) atoms. The number of amides is 1. The van der Waals surface area contributed by atoms with Crippen LogP contribution in [0.25, 0.3) is 10.8 Å². The summed E-state index contributed by atoms with van der Waals surface area (Å²) in [5.74, 6) is -0.394. The van der Waals surface area contributed by atoms with Crippen molar-refractivity contribution in [1.82, 2.24) is 0 Å². The van der Waals surface area contributed by atoms with E-state index in [-0.39, 0.29) is 17.8 Å². The lowest BCUT2D eigenvalue weighted by atomic mass is 10.1. The maximum Gasteiger partial charge on any atom is 0.282 e. The van der Waals surface area contributed by atoms with Gasteiger partial charge in [-0.05, 0) is 48.0 Å². The molecule has 3 aromatic rings. The number of benzene rings is 3. The average molecular weight is 337 g/mol. The van der Waals surface area contributed by atoms with Gasteiger partial charge in [0.15, 0.2) is 6.04 Å². The summed E-state index contributed by atoms with van der Waals surface area (Å²) < 4.78 is 12.9. The Morgan fingerprint density at radius 2 is 1.72 bits per heavy atom. The Labute approximate surface area is 147 Å². The molecule has 0 bridgehead atoms. The molecule has 3 aromatic carbocycles. The lowest BCUT2D eigenvalue weighted by Crippen LogP contribution is -3.12. The van der Waals surface area contributed by atoms with E-state index in [9.17, 15) is 9.18 Å². The Hall–Kier alpha value is -2.72. The van der Waals surface area contributed by atoms with Gasteiger partial charge < -0.3 is 10.2 Å². The summed E-state index contributed by atoms with van der Waals surface area (Å²) in [6, 6.07) is 20.2. The number of carbonyl (C=O) groups excluding carboxylic acids is 1. The van der Waals surface area contributed by atoms with E-state index in [0.717, 1.165) is 11.4 Å². The number of carbonyl (C=O) groups is 1. The first-order chi connectivity index (χ1) is 12.0. The van der Waals surface area contributed by atoms with Crippen molar-refractivity contribution in [3.8, 4) is 0 Å². The van der Waals surface area contributed by atoms with Crippen LogP contribution in [-0.2, 0) is 11.3 Å². The highest BCUT2D eigenvalue weighted by Gasteiger charge is 2.22. The molecule has 2 atom stereocenters. The van der Waals surface area contributed by atoms with Crippen molar-refractivity contribution in [2.45, 2.75) is 19.5 Å². The second-order valence-electron chi connectivity index (χ2n) is 6.42. The minimum absolute atomic E-state index is 0.0788. The van der Waals surface area contributed by atoms with Gasteiger partial charge in [-0.2, -0.15) is 0 Å². The van der Waals surface area contributed by atoms with Crippen molar-refractivity contribution in [3.63, 3.8) is 0 Å². The lowest BCUT2D eigenvalue weighted by molar-refractivity contribution is -0.907. The van der Waals surface area contributed by atoms with Gasteiger partial charge in [-0.15, -0.1) is 0 Å². The Morgan fingerprint density at radius 1 is 1.04 bits per heavy atom. The molecule has 0 heterocycles. The number of rotatable bonds is 5. The molecule has 0 saturated heterocycles. The summed E-state index contributed by atoms with van der Waals surface area (Å²) in [6.07, 6.45) is 0. The highest BCUT2D eigenvalue weighted by Crippen LogP contribution is 2.15. The number of quaternary nitrogens is 1. The number of likely N-dealkylation sites (N-methyl/N-ethyl adjacent to an activating group) is 1. The molecular formula is C21H22FN2O+. The van der Waals surface area contributed by atoms with Crippen LogP contribution < -0.4 is 10.2 Å². The first-order valence-electron chi connectivity index (χ1n) is 8.39. The summed E-state index contributed by atoms with van der Waals surface area (Å²) in [5, 5.41) is 5.26. The second kappa shape index (κ2) is 7.45. The van der Waals surface area contributed by atoms with Crippen LogP contribution in [0.1, 0.15) is 12.5 Å². The largest absolute Gasteiger partial charge is 0.324 e. The summed E-state index contributed by atoms with van der Waals surface area (Å²) >= 11 is 0. The molecular weight excluding hydrogens is 315 g/mol. The van der Waals surface area contributed by atoms with Crippen molar-refractivity contribution >= 4 is 22.4 Å². The number of hydrogen-bond donors (Lipinski definition) is 2. The maximum atomic E-state index is 12.9.